The Hall–Kier alpha value is -2.83. The predicted octanol–water partition coefficient (Wildman–Crippen LogP) is 5.76. The zero-order chi connectivity index (χ0) is 23.6. The Morgan fingerprint density at radius 3 is 1.94 bits per heavy atom. The van der Waals surface area contributed by atoms with Crippen molar-refractivity contribution in [3.8, 4) is 0 Å². The van der Waals surface area contributed by atoms with Gasteiger partial charge in [-0.25, -0.2) is 13.2 Å². The van der Waals surface area contributed by atoms with Gasteiger partial charge in [0.15, 0.2) is 5.96 Å². The average molecular weight is 473 g/mol. The number of likely N-dealkylation sites (N-methyl/N-ethyl adjacent to an activating group) is 1. The van der Waals surface area contributed by atoms with Crippen molar-refractivity contribution in [1.82, 2.24) is 10.2 Å². The van der Waals surface area contributed by atoms with E-state index in [1.165, 1.54) is 0 Å². The normalized spacial score (nSPS) is 24.5. The fraction of sp³-hybridized carbons (Fsp3) is 0.222. The summed E-state index contributed by atoms with van der Waals surface area (Å²) in [5.74, 6) is -7.26. The third-order valence-corrected chi connectivity index (χ3v) is 6.22. The summed E-state index contributed by atoms with van der Waals surface area (Å²) in [5.41, 5.74) is -3.23. The topological polar surface area (TPSA) is 56.2 Å². The highest BCUT2D eigenvalue weighted by atomic mass is 32.5. The Bertz CT molecular complexity index is 1080. The van der Waals surface area contributed by atoms with Gasteiger partial charge in [0.2, 0.25) is 5.91 Å². The molecule has 1 aliphatic heterocycles. The van der Waals surface area contributed by atoms with Crippen LogP contribution in [0.15, 0.2) is 41.3 Å². The van der Waals surface area contributed by atoms with Crippen LogP contribution >= 0.6 is 10.2 Å². The minimum Gasteiger partial charge on any atom is -0.345 e. The second-order valence-corrected chi connectivity index (χ2v) is 9.70. The van der Waals surface area contributed by atoms with Gasteiger partial charge in [-0.1, -0.05) is 31.6 Å². The molecule has 0 bridgehead atoms. The molecule has 1 fully saturated rings. The van der Waals surface area contributed by atoms with Crippen molar-refractivity contribution < 1.29 is 37.4 Å². The van der Waals surface area contributed by atoms with E-state index in [4.69, 9.17) is 5.41 Å². The van der Waals surface area contributed by atoms with Gasteiger partial charge in [0, 0.05) is 24.7 Å². The first-order valence-electron chi connectivity index (χ1n) is 8.48. The van der Waals surface area contributed by atoms with E-state index < -0.39 is 61.5 Å². The maximum atomic E-state index is 14.5. The van der Waals surface area contributed by atoms with Gasteiger partial charge in [0.25, 0.3) is 0 Å². The highest BCUT2D eigenvalue weighted by Gasteiger charge is 2.65. The van der Waals surface area contributed by atoms with Gasteiger partial charge in [-0.2, -0.15) is 0 Å². The van der Waals surface area contributed by atoms with E-state index >= 15 is 0 Å². The SMILES string of the molecule is CN1C(=N)N[C@](C)(c2c(F)cc(F)cc2F)[C@H](c2ccc(S(F)(F)(F)(F)F)cc2)C1=O. The lowest BCUT2D eigenvalue weighted by molar-refractivity contribution is -0.131. The number of carbonyl (C=O) groups excluding carboxylic acids is 1. The second kappa shape index (κ2) is 6.11. The molecule has 0 unspecified atom stereocenters. The Labute approximate surface area is 171 Å². The molecule has 0 saturated carbocycles. The Morgan fingerprint density at radius 1 is 1.00 bits per heavy atom. The van der Waals surface area contributed by atoms with Gasteiger partial charge >= 0.3 is 10.2 Å². The van der Waals surface area contributed by atoms with Gasteiger partial charge in [-0.3, -0.25) is 15.1 Å². The summed E-state index contributed by atoms with van der Waals surface area (Å²) in [7, 11) is -8.86. The van der Waals surface area contributed by atoms with Gasteiger partial charge in [0.1, 0.15) is 22.3 Å². The molecular weight excluding hydrogens is 458 g/mol. The molecule has 0 aromatic heterocycles. The minimum atomic E-state index is -9.99. The zero-order valence-electron chi connectivity index (χ0n) is 15.8. The van der Waals surface area contributed by atoms with Gasteiger partial charge in [-0.15, -0.1) is 0 Å². The van der Waals surface area contributed by atoms with Gasteiger partial charge in [0.05, 0.1) is 11.5 Å². The average Bonchev–Trinajstić information content (AvgIpc) is 2.57. The first kappa shape index (κ1) is 22.8. The number of rotatable bonds is 3. The molecular formula is C18H15F8N3OS. The Kier molecular flexibility index (Phi) is 4.51. The van der Waals surface area contributed by atoms with Crippen molar-refractivity contribution >= 4 is 22.1 Å². The summed E-state index contributed by atoms with van der Waals surface area (Å²) < 4.78 is 108. The summed E-state index contributed by atoms with van der Waals surface area (Å²) in [6, 6.07) is 2.01. The monoisotopic (exact) mass is 473 g/mol. The third kappa shape index (κ3) is 3.93. The number of nitrogens with zero attached hydrogens (tertiary/aromatic N) is 1. The van der Waals surface area contributed by atoms with E-state index in [1.807, 2.05) is 0 Å². The van der Waals surface area contributed by atoms with Crippen LogP contribution in [0.4, 0.5) is 32.6 Å². The van der Waals surface area contributed by atoms with Crippen LogP contribution < -0.4 is 5.32 Å². The third-order valence-electron chi connectivity index (χ3n) is 5.05. The highest BCUT2D eigenvalue weighted by Crippen LogP contribution is 3.02. The molecule has 1 amide bonds. The first-order valence-corrected chi connectivity index (χ1v) is 10.4. The molecule has 170 valence electrons. The van der Waals surface area contributed by atoms with E-state index in [2.05, 4.69) is 5.32 Å². The molecule has 1 aliphatic rings. The van der Waals surface area contributed by atoms with E-state index in [0.29, 0.717) is 24.3 Å². The number of hydrogen-bond acceptors (Lipinski definition) is 2. The van der Waals surface area contributed by atoms with Crippen molar-refractivity contribution in [3.63, 3.8) is 0 Å². The van der Waals surface area contributed by atoms with E-state index in [9.17, 15) is 37.4 Å². The standard InChI is InChI=1S/C18H15F8N3OS/c1-18(15-12(20)7-10(19)8-13(15)21)14(16(30)29(2)17(27)28-18)9-3-5-11(6-4-9)31(22,23,24,25)26/h3-8,14H,1-2H3,(H2,27,28)/t14-,18+/m1/s1. The molecule has 4 nitrogen and oxygen atoms in total. The van der Waals surface area contributed by atoms with Crippen LogP contribution in [-0.2, 0) is 10.3 Å². The van der Waals surface area contributed by atoms with Crippen molar-refractivity contribution in [2.75, 3.05) is 7.05 Å². The fourth-order valence-corrected chi connectivity index (χ4v) is 4.24. The Balaban J connectivity index is 2.23. The number of halogens is 8. The molecule has 2 aromatic rings. The van der Waals surface area contributed by atoms with Gasteiger partial charge < -0.3 is 5.32 Å². The molecule has 2 atom stereocenters. The van der Waals surface area contributed by atoms with E-state index in [-0.39, 0.29) is 17.7 Å². The van der Waals surface area contributed by atoms with Crippen molar-refractivity contribution in [3.05, 3.63) is 65.0 Å². The lowest BCUT2D eigenvalue weighted by atomic mass is 9.73. The van der Waals surface area contributed by atoms with Crippen LogP contribution in [0.1, 0.15) is 24.0 Å². The van der Waals surface area contributed by atoms with Crippen molar-refractivity contribution in [1.29, 1.82) is 5.41 Å². The van der Waals surface area contributed by atoms with Crippen LogP contribution in [-0.4, -0.2) is 23.8 Å². The van der Waals surface area contributed by atoms with Crippen LogP contribution in [0.5, 0.6) is 0 Å². The number of guanidine groups is 1. The van der Waals surface area contributed by atoms with Crippen molar-refractivity contribution in [2.24, 2.45) is 0 Å². The number of benzene rings is 2. The maximum Gasteiger partial charge on any atom is 0.310 e. The lowest BCUT2D eigenvalue weighted by Gasteiger charge is -2.46. The molecule has 2 N–H and O–H groups in total. The molecule has 0 spiro atoms. The molecule has 0 aliphatic carbocycles. The zero-order valence-corrected chi connectivity index (χ0v) is 16.6. The molecule has 3 rings (SSSR count). The summed E-state index contributed by atoms with van der Waals surface area (Å²) in [5, 5.41) is 10.3. The summed E-state index contributed by atoms with van der Waals surface area (Å²) in [6.45, 7) is 1.09. The van der Waals surface area contributed by atoms with E-state index in [1.54, 1.807) is 0 Å². The quantitative estimate of drug-likeness (QED) is 0.558. The van der Waals surface area contributed by atoms with Crippen LogP contribution in [0, 0.1) is 22.9 Å². The lowest BCUT2D eigenvalue weighted by Crippen LogP contribution is -2.63. The molecule has 31 heavy (non-hydrogen) atoms. The summed E-state index contributed by atoms with van der Waals surface area (Å²) in [6.07, 6.45) is 0. The minimum absolute atomic E-state index is 0.0713. The smallest absolute Gasteiger partial charge is 0.310 e. The number of amides is 1. The summed E-state index contributed by atoms with van der Waals surface area (Å²) >= 11 is 0. The van der Waals surface area contributed by atoms with Gasteiger partial charge in [-0.05, 0) is 24.6 Å². The van der Waals surface area contributed by atoms with Crippen LogP contribution in [0.3, 0.4) is 0 Å². The maximum absolute atomic E-state index is 14.5. The fourth-order valence-electron chi connectivity index (χ4n) is 3.59. The predicted molar refractivity (Wildman–Crippen MR) is 97.9 cm³/mol. The largest absolute Gasteiger partial charge is 0.345 e. The highest BCUT2D eigenvalue weighted by molar-refractivity contribution is 8.45. The first-order chi connectivity index (χ1) is 13.8. The molecule has 0 radical (unpaired) electrons. The molecule has 13 heteroatoms. The van der Waals surface area contributed by atoms with Crippen molar-refractivity contribution in [2.45, 2.75) is 23.3 Å². The molecule has 1 saturated heterocycles. The van der Waals surface area contributed by atoms with Crippen LogP contribution in [0.2, 0.25) is 0 Å². The summed E-state index contributed by atoms with van der Waals surface area (Å²) in [4.78, 5) is 11.4. The second-order valence-electron chi connectivity index (χ2n) is 7.29. The molecule has 1 heterocycles. The molecule has 2 aromatic carbocycles. The number of hydrogen-bond donors (Lipinski definition) is 2. The Morgan fingerprint density at radius 2 is 1.48 bits per heavy atom. The van der Waals surface area contributed by atoms with E-state index in [0.717, 1.165) is 18.9 Å². The number of carbonyl (C=O) groups is 1. The number of nitrogens with one attached hydrogen (secondary N) is 2. The van der Waals surface area contributed by atoms with Crippen LogP contribution in [0.25, 0.3) is 0 Å².